The second-order valence-corrected chi connectivity index (χ2v) is 14.2. The number of carbonyl (C=O) groups excluding carboxylic acids is 3. The Morgan fingerprint density at radius 1 is 0.868 bits per heavy atom. The van der Waals surface area contributed by atoms with Crippen molar-refractivity contribution in [3.8, 4) is 0 Å². The summed E-state index contributed by atoms with van der Waals surface area (Å²) in [7, 11) is 3.70. The second-order valence-electron chi connectivity index (χ2n) is 13.2. The quantitative estimate of drug-likeness (QED) is 0.146. The number of aromatic nitrogens is 1. The van der Waals surface area contributed by atoms with Crippen molar-refractivity contribution < 1.29 is 27.6 Å². The van der Waals surface area contributed by atoms with Crippen LogP contribution in [0.25, 0.3) is 6.08 Å². The molecule has 2 heterocycles. The molecule has 4 aromatic rings. The van der Waals surface area contributed by atoms with Crippen molar-refractivity contribution in [1.82, 2.24) is 24.6 Å². The summed E-state index contributed by atoms with van der Waals surface area (Å²) in [5.74, 6) is -0.615. The van der Waals surface area contributed by atoms with Crippen LogP contribution < -0.4 is 4.90 Å². The third-order valence-corrected chi connectivity index (χ3v) is 10.1. The Morgan fingerprint density at radius 3 is 2.15 bits per heavy atom. The number of hydrogen-bond donors (Lipinski definition) is 0. The maximum Gasteiger partial charge on any atom is 0.416 e. The van der Waals surface area contributed by atoms with Gasteiger partial charge in [-0.3, -0.25) is 19.3 Å². The number of hydrogen-bond acceptors (Lipinski definition) is 7. The number of rotatable bonds is 14. The minimum absolute atomic E-state index is 0.0603. The minimum Gasteiger partial charge on any atom is -0.368 e. The highest BCUT2D eigenvalue weighted by Crippen LogP contribution is 2.29. The maximum absolute atomic E-state index is 14.4. The van der Waals surface area contributed by atoms with E-state index in [-0.39, 0.29) is 24.8 Å². The number of carbonyl (C=O) groups is 3. The van der Waals surface area contributed by atoms with Crippen LogP contribution in [0, 0.1) is 0 Å². The lowest BCUT2D eigenvalue weighted by atomic mass is 10.0. The predicted octanol–water partition coefficient (Wildman–Crippen LogP) is 6.07. The minimum atomic E-state index is -4.47. The first-order valence-electron chi connectivity index (χ1n) is 17.5. The molecule has 1 atom stereocenters. The van der Waals surface area contributed by atoms with Gasteiger partial charge in [-0.05, 0) is 54.1 Å². The molecule has 3 amide bonds. The number of halogens is 3. The van der Waals surface area contributed by atoms with Gasteiger partial charge in [-0.25, -0.2) is 4.98 Å². The molecule has 0 unspecified atom stereocenters. The fourth-order valence-corrected chi connectivity index (χ4v) is 6.87. The smallest absolute Gasteiger partial charge is 0.368 e. The van der Waals surface area contributed by atoms with Crippen LogP contribution >= 0.6 is 11.3 Å². The summed E-state index contributed by atoms with van der Waals surface area (Å²) in [5.41, 5.74) is 2.33. The van der Waals surface area contributed by atoms with Gasteiger partial charge >= 0.3 is 6.18 Å². The van der Waals surface area contributed by atoms with Crippen LogP contribution in [-0.4, -0.2) is 102 Å². The number of likely N-dealkylation sites (N-methyl/N-ethyl adjacent to an activating group) is 2. The van der Waals surface area contributed by atoms with Gasteiger partial charge in [0.25, 0.3) is 0 Å². The monoisotopic (exact) mass is 746 g/mol. The van der Waals surface area contributed by atoms with Gasteiger partial charge in [0.05, 0.1) is 12.1 Å². The van der Waals surface area contributed by atoms with E-state index in [4.69, 9.17) is 0 Å². The summed E-state index contributed by atoms with van der Waals surface area (Å²) in [5, 5.41) is 2.90. The first-order chi connectivity index (χ1) is 25.4. The van der Waals surface area contributed by atoms with Gasteiger partial charge in [-0.2, -0.15) is 13.2 Å². The molecule has 9 nitrogen and oxygen atoms in total. The number of amides is 3. The van der Waals surface area contributed by atoms with Crippen molar-refractivity contribution in [3.05, 3.63) is 124 Å². The third-order valence-electron chi connectivity index (χ3n) is 9.33. The van der Waals surface area contributed by atoms with Gasteiger partial charge in [0, 0.05) is 89.5 Å². The Labute approximate surface area is 312 Å². The van der Waals surface area contributed by atoms with Crippen molar-refractivity contribution >= 4 is 40.8 Å². The standard InChI is InChI=1S/C40H45F3N6O3S/c1-30(50)47-22-24-48(25-23-47)35-16-11-33(12-17-35)28-49(38(51)18-13-31-9-14-34(15-10-31)40(41,42)43)36(27-32-7-5-4-6-8-32)39(52)46(3)21-20-45(2)29-37-44-19-26-53-37/h4-19,26,36H,20-25,27-29H2,1-3H3/b18-13+/t36-/m0/s1. The van der Waals surface area contributed by atoms with E-state index in [0.29, 0.717) is 51.4 Å². The Bertz CT molecular complexity index is 1810. The molecular weight excluding hydrogens is 702 g/mol. The van der Waals surface area contributed by atoms with Crippen LogP contribution in [0.1, 0.15) is 34.2 Å². The van der Waals surface area contributed by atoms with Crippen LogP contribution in [-0.2, 0) is 40.1 Å². The lowest BCUT2D eigenvalue weighted by Crippen LogP contribution is -2.51. The SMILES string of the molecule is CC(=O)N1CCN(c2ccc(CN(C(=O)/C=C/c3ccc(C(F)(F)F)cc3)[C@@H](Cc3ccccc3)C(=O)N(C)CCN(C)Cc3nccs3)cc2)CC1. The molecule has 5 rings (SSSR count). The molecule has 0 N–H and O–H groups in total. The number of thiazole rings is 1. The summed E-state index contributed by atoms with van der Waals surface area (Å²) in [6.45, 7) is 6.04. The van der Waals surface area contributed by atoms with Crippen molar-refractivity contribution in [3.63, 3.8) is 0 Å². The van der Waals surface area contributed by atoms with E-state index in [2.05, 4.69) is 14.8 Å². The van der Waals surface area contributed by atoms with Gasteiger partial charge in [0.2, 0.25) is 17.7 Å². The van der Waals surface area contributed by atoms with Gasteiger partial charge in [0.15, 0.2) is 0 Å². The molecule has 1 fully saturated rings. The molecule has 53 heavy (non-hydrogen) atoms. The molecule has 13 heteroatoms. The summed E-state index contributed by atoms with van der Waals surface area (Å²) >= 11 is 1.57. The summed E-state index contributed by atoms with van der Waals surface area (Å²) in [6.07, 6.45) is 0.343. The molecule has 1 saturated heterocycles. The molecule has 280 valence electrons. The Balaban J connectivity index is 1.40. The van der Waals surface area contributed by atoms with Crippen LogP contribution in [0.4, 0.5) is 18.9 Å². The average molecular weight is 747 g/mol. The van der Waals surface area contributed by atoms with Gasteiger partial charge in [-0.1, -0.05) is 54.6 Å². The zero-order chi connectivity index (χ0) is 38.0. The predicted molar refractivity (Wildman–Crippen MR) is 202 cm³/mol. The Hall–Kier alpha value is -5.01. The van der Waals surface area contributed by atoms with Crippen molar-refractivity contribution in [1.29, 1.82) is 0 Å². The first-order valence-corrected chi connectivity index (χ1v) is 18.4. The molecular formula is C40H45F3N6O3S. The van der Waals surface area contributed by atoms with E-state index in [1.165, 1.54) is 24.3 Å². The summed E-state index contributed by atoms with van der Waals surface area (Å²) in [6, 6.07) is 21.1. The van der Waals surface area contributed by atoms with Crippen LogP contribution in [0.2, 0.25) is 0 Å². The fraction of sp³-hybridized carbons (Fsp3) is 0.350. The van der Waals surface area contributed by atoms with Crippen LogP contribution in [0.5, 0.6) is 0 Å². The molecule has 1 aliphatic heterocycles. The Kier molecular flexibility index (Phi) is 13.4. The van der Waals surface area contributed by atoms with E-state index < -0.39 is 23.7 Å². The number of benzene rings is 3. The van der Waals surface area contributed by atoms with E-state index in [1.807, 2.05) is 71.9 Å². The van der Waals surface area contributed by atoms with E-state index in [9.17, 15) is 27.6 Å². The molecule has 1 aliphatic rings. The largest absolute Gasteiger partial charge is 0.416 e. The lowest BCUT2D eigenvalue weighted by molar-refractivity contribution is -0.143. The highest BCUT2D eigenvalue weighted by Gasteiger charge is 2.32. The number of anilines is 1. The Morgan fingerprint density at radius 2 is 1.55 bits per heavy atom. The highest BCUT2D eigenvalue weighted by atomic mass is 32.1. The molecule has 0 aliphatic carbocycles. The number of piperazine rings is 1. The van der Waals surface area contributed by atoms with E-state index in [0.717, 1.165) is 34.0 Å². The zero-order valence-electron chi connectivity index (χ0n) is 30.2. The summed E-state index contributed by atoms with van der Waals surface area (Å²) < 4.78 is 39.5. The van der Waals surface area contributed by atoms with Gasteiger partial charge in [0.1, 0.15) is 11.0 Å². The van der Waals surface area contributed by atoms with Crippen molar-refractivity contribution in [2.75, 3.05) is 58.3 Å². The van der Waals surface area contributed by atoms with Crippen molar-refractivity contribution in [2.24, 2.45) is 0 Å². The molecule has 0 radical (unpaired) electrons. The van der Waals surface area contributed by atoms with Crippen LogP contribution in [0.3, 0.4) is 0 Å². The van der Waals surface area contributed by atoms with Gasteiger partial charge in [-0.15, -0.1) is 11.3 Å². The zero-order valence-corrected chi connectivity index (χ0v) is 31.0. The average Bonchev–Trinajstić information content (AvgIpc) is 3.67. The molecule has 0 bridgehead atoms. The van der Waals surface area contributed by atoms with E-state index >= 15 is 0 Å². The highest BCUT2D eigenvalue weighted by molar-refractivity contribution is 7.09. The number of nitrogens with zero attached hydrogens (tertiary/aromatic N) is 6. The third kappa shape index (κ3) is 11.2. The molecule has 1 aromatic heterocycles. The van der Waals surface area contributed by atoms with Crippen LogP contribution in [0.15, 0.2) is 96.5 Å². The first kappa shape index (κ1) is 39.2. The number of alkyl halides is 3. The maximum atomic E-state index is 14.4. The molecule has 0 saturated carbocycles. The molecule has 3 aromatic carbocycles. The topological polar surface area (TPSA) is 80.3 Å². The lowest BCUT2D eigenvalue weighted by Gasteiger charge is -2.36. The summed E-state index contributed by atoms with van der Waals surface area (Å²) in [4.78, 5) is 54.1. The van der Waals surface area contributed by atoms with Gasteiger partial charge < -0.3 is 19.6 Å². The molecule has 0 spiro atoms. The van der Waals surface area contributed by atoms with E-state index in [1.54, 1.807) is 41.3 Å². The second kappa shape index (κ2) is 18.2. The normalized spacial score (nSPS) is 14.1. The van der Waals surface area contributed by atoms with Crippen molar-refractivity contribution in [2.45, 2.75) is 38.7 Å². The fourth-order valence-electron chi connectivity index (χ4n) is 6.17.